The lowest BCUT2D eigenvalue weighted by Gasteiger charge is -2.34. The Kier molecular flexibility index (Phi) is 10.5. The molecule has 0 spiro atoms. The number of nitrogens with two attached hydrogens (primary N) is 1. The predicted molar refractivity (Wildman–Crippen MR) is 149 cm³/mol. The zero-order chi connectivity index (χ0) is 31.1. The van der Waals surface area contributed by atoms with Crippen molar-refractivity contribution in [3.05, 3.63) is 77.1 Å². The van der Waals surface area contributed by atoms with E-state index in [-0.39, 0.29) is 42.6 Å². The maximum Gasteiger partial charge on any atom is 0.416 e. The lowest BCUT2D eigenvalue weighted by molar-refractivity contribution is -0.137. The number of aromatic nitrogens is 2. The van der Waals surface area contributed by atoms with Gasteiger partial charge in [0.05, 0.1) is 16.7 Å². The molecule has 0 radical (unpaired) electrons. The summed E-state index contributed by atoms with van der Waals surface area (Å²) < 4.78 is 64.5. The van der Waals surface area contributed by atoms with E-state index in [0.717, 1.165) is 40.5 Å². The van der Waals surface area contributed by atoms with Crippen LogP contribution in [0.2, 0.25) is 0 Å². The van der Waals surface area contributed by atoms with Crippen LogP contribution < -0.4 is 16.0 Å². The summed E-state index contributed by atoms with van der Waals surface area (Å²) in [6.45, 7) is 5.51. The number of amides is 1. The molecule has 4 N–H and O–H groups in total. The normalized spacial score (nSPS) is 14.2. The topological polar surface area (TPSA) is 159 Å². The quantitative estimate of drug-likeness (QED) is 0.326. The molecule has 1 aliphatic heterocycles. The van der Waals surface area contributed by atoms with Gasteiger partial charge < -0.3 is 21.1 Å². The number of aromatic carboxylic acids is 1. The molecule has 0 aliphatic carbocycles. The maximum atomic E-state index is 12.7. The Bertz CT molecular complexity index is 1480. The van der Waals surface area contributed by atoms with E-state index >= 15 is 0 Å². The number of nitrogens with zero attached hydrogens (tertiary/aromatic N) is 4. The summed E-state index contributed by atoms with van der Waals surface area (Å²) in [6, 6.07) is 11.6. The molecule has 1 aliphatic rings. The lowest BCUT2D eigenvalue weighted by Crippen LogP contribution is -2.49. The Hall–Kier alpha value is -4.24. The number of anilines is 2. The van der Waals surface area contributed by atoms with Crippen LogP contribution in [-0.2, 0) is 27.5 Å². The molecule has 2 heterocycles. The van der Waals surface area contributed by atoms with Crippen LogP contribution in [-0.4, -0.2) is 66.4 Å². The first kappa shape index (κ1) is 32.3. The van der Waals surface area contributed by atoms with Crippen LogP contribution >= 0.6 is 0 Å². The number of piperazine rings is 1. The summed E-state index contributed by atoms with van der Waals surface area (Å²) >= 11 is 0. The SMILES string of the molecule is CC(C)c1ccc(CNC=O)cc1.Nc1nc(N2CCN(S(=O)(=O)c3ccc(C(F)(F)F)cc3)CC2)cnc1C(=O)O. The average molecular weight is 609 g/mol. The van der Waals surface area contributed by atoms with Gasteiger partial charge in [-0.05, 0) is 41.3 Å². The molecule has 0 atom stereocenters. The number of nitrogen functional groups attached to an aromatic ring is 1. The van der Waals surface area contributed by atoms with Crippen LogP contribution in [0.5, 0.6) is 0 Å². The van der Waals surface area contributed by atoms with Gasteiger partial charge in [-0.2, -0.15) is 17.5 Å². The summed E-state index contributed by atoms with van der Waals surface area (Å²) in [5, 5.41) is 11.6. The van der Waals surface area contributed by atoms with E-state index in [1.807, 2.05) is 12.1 Å². The standard InChI is InChI=1S/C16H16F3N5O4S.C11H15NO/c17-16(18,19)10-1-3-11(4-2-10)29(27,28)24-7-5-23(6-8-24)12-9-21-13(15(25)26)14(20)22-12;1-9(2)11-5-3-10(4-6-11)7-12-8-13/h1-4,9H,5-8H2,(H2,20,22)(H,25,26);3-6,8-9H,7H2,1-2H3,(H,12,13). The second kappa shape index (κ2) is 13.6. The number of rotatable bonds is 8. The van der Waals surface area contributed by atoms with E-state index in [4.69, 9.17) is 10.8 Å². The maximum absolute atomic E-state index is 12.7. The highest BCUT2D eigenvalue weighted by Crippen LogP contribution is 2.30. The average Bonchev–Trinajstić information content (AvgIpc) is 2.96. The van der Waals surface area contributed by atoms with Crippen molar-refractivity contribution < 1.29 is 36.3 Å². The van der Waals surface area contributed by atoms with Gasteiger partial charge in [0.2, 0.25) is 16.4 Å². The molecule has 42 heavy (non-hydrogen) atoms. The van der Waals surface area contributed by atoms with Crippen LogP contribution in [0.3, 0.4) is 0 Å². The minimum Gasteiger partial charge on any atom is -0.476 e. The summed E-state index contributed by atoms with van der Waals surface area (Å²) in [7, 11) is -3.96. The zero-order valence-corrected chi connectivity index (χ0v) is 23.7. The van der Waals surface area contributed by atoms with Crippen molar-refractivity contribution >= 4 is 34.0 Å². The monoisotopic (exact) mass is 608 g/mol. The molecule has 15 heteroatoms. The van der Waals surface area contributed by atoms with E-state index in [1.54, 1.807) is 4.90 Å². The summed E-state index contributed by atoms with van der Waals surface area (Å²) in [5.41, 5.74) is 6.73. The van der Waals surface area contributed by atoms with Gasteiger partial charge in [0.1, 0.15) is 5.82 Å². The van der Waals surface area contributed by atoms with E-state index in [0.29, 0.717) is 18.3 Å². The Morgan fingerprint density at radius 3 is 2.14 bits per heavy atom. The van der Waals surface area contributed by atoms with Gasteiger partial charge in [-0.25, -0.2) is 23.2 Å². The molecule has 3 aromatic rings. The molecule has 0 saturated carbocycles. The van der Waals surface area contributed by atoms with Gasteiger partial charge in [0.25, 0.3) is 0 Å². The van der Waals surface area contributed by atoms with Crippen molar-refractivity contribution in [1.82, 2.24) is 19.6 Å². The molecule has 4 rings (SSSR count). The highest BCUT2D eigenvalue weighted by atomic mass is 32.2. The molecule has 11 nitrogen and oxygen atoms in total. The number of hydrogen-bond donors (Lipinski definition) is 3. The van der Waals surface area contributed by atoms with Gasteiger partial charge in [-0.1, -0.05) is 38.1 Å². The number of nitrogens with one attached hydrogen (secondary N) is 1. The molecular weight excluding hydrogens is 577 g/mol. The molecule has 2 aromatic carbocycles. The first-order valence-corrected chi connectivity index (χ1v) is 14.2. The van der Waals surface area contributed by atoms with Gasteiger partial charge in [-0.15, -0.1) is 0 Å². The minimum atomic E-state index is -4.55. The molecule has 1 aromatic heterocycles. The number of alkyl halides is 3. The Morgan fingerprint density at radius 2 is 1.67 bits per heavy atom. The molecule has 1 amide bonds. The Balaban J connectivity index is 0.000000312. The highest BCUT2D eigenvalue weighted by Gasteiger charge is 2.33. The van der Waals surface area contributed by atoms with Crippen molar-refractivity contribution in [2.45, 2.75) is 37.4 Å². The summed E-state index contributed by atoms with van der Waals surface area (Å²) in [4.78, 5) is 30.2. The van der Waals surface area contributed by atoms with Crippen molar-refractivity contribution in [1.29, 1.82) is 0 Å². The van der Waals surface area contributed by atoms with Crippen molar-refractivity contribution in [3.63, 3.8) is 0 Å². The molecule has 0 bridgehead atoms. The predicted octanol–water partition coefficient (Wildman–Crippen LogP) is 3.34. The smallest absolute Gasteiger partial charge is 0.416 e. The third-order valence-corrected chi connectivity index (χ3v) is 8.32. The minimum absolute atomic E-state index is 0.0611. The fourth-order valence-electron chi connectivity index (χ4n) is 4.01. The van der Waals surface area contributed by atoms with Gasteiger partial charge in [0.15, 0.2) is 11.5 Å². The first-order valence-electron chi connectivity index (χ1n) is 12.8. The first-order chi connectivity index (χ1) is 19.7. The number of carboxylic acids is 1. The summed E-state index contributed by atoms with van der Waals surface area (Å²) in [5.74, 6) is -0.698. The number of sulfonamides is 1. The van der Waals surface area contributed by atoms with Crippen LogP contribution in [0, 0.1) is 0 Å². The van der Waals surface area contributed by atoms with Crippen LogP contribution in [0.1, 0.15) is 46.9 Å². The van der Waals surface area contributed by atoms with Gasteiger partial charge in [0, 0.05) is 32.7 Å². The van der Waals surface area contributed by atoms with E-state index in [2.05, 4.69) is 41.3 Å². The molecular formula is C27H31F3N6O5S. The second-order valence-corrected chi connectivity index (χ2v) is 11.5. The highest BCUT2D eigenvalue weighted by molar-refractivity contribution is 7.89. The van der Waals surface area contributed by atoms with Gasteiger partial charge >= 0.3 is 12.1 Å². The van der Waals surface area contributed by atoms with Crippen LogP contribution in [0.4, 0.5) is 24.8 Å². The Morgan fingerprint density at radius 1 is 1.07 bits per heavy atom. The van der Waals surface area contributed by atoms with Gasteiger partial charge in [-0.3, -0.25) is 4.79 Å². The third kappa shape index (κ3) is 8.16. The van der Waals surface area contributed by atoms with Crippen molar-refractivity contribution in [2.24, 2.45) is 0 Å². The number of benzene rings is 2. The number of hydrogen-bond acceptors (Lipinski definition) is 8. The number of carboxylic acid groups (broad SMARTS) is 1. The lowest BCUT2D eigenvalue weighted by atomic mass is 10.0. The largest absolute Gasteiger partial charge is 0.476 e. The van der Waals surface area contributed by atoms with Crippen molar-refractivity contribution in [3.8, 4) is 0 Å². The number of halogens is 3. The Labute approximate surface area is 241 Å². The third-order valence-electron chi connectivity index (χ3n) is 6.41. The molecule has 1 fully saturated rings. The van der Waals surface area contributed by atoms with Crippen LogP contribution in [0.15, 0.2) is 59.6 Å². The number of carbonyl (C=O) groups is 2. The molecule has 1 saturated heterocycles. The molecule has 0 unspecified atom stereocenters. The zero-order valence-electron chi connectivity index (χ0n) is 22.9. The fraction of sp³-hybridized carbons (Fsp3) is 0.333. The van der Waals surface area contributed by atoms with E-state index < -0.39 is 27.7 Å². The van der Waals surface area contributed by atoms with E-state index in [1.165, 1.54) is 11.8 Å². The summed E-state index contributed by atoms with van der Waals surface area (Å²) in [6.07, 6.45) is -2.59. The van der Waals surface area contributed by atoms with Crippen LogP contribution in [0.25, 0.3) is 0 Å². The second-order valence-electron chi connectivity index (χ2n) is 9.58. The molecule has 226 valence electrons. The number of carbonyl (C=O) groups excluding carboxylic acids is 1. The van der Waals surface area contributed by atoms with Crippen molar-refractivity contribution in [2.75, 3.05) is 36.8 Å². The fourth-order valence-corrected chi connectivity index (χ4v) is 5.44. The van der Waals surface area contributed by atoms with E-state index in [9.17, 15) is 31.2 Å².